The molecule has 2 rings (SSSR count). The van der Waals surface area contributed by atoms with Crippen LogP contribution in [0.2, 0.25) is 0 Å². The lowest BCUT2D eigenvalue weighted by Crippen LogP contribution is -2.49. The lowest BCUT2D eigenvalue weighted by atomic mass is 10.2. The molecule has 0 radical (unpaired) electrons. The van der Waals surface area contributed by atoms with Gasteiger partial charge in [-0.25, -0.2) is 4.98 Å². The standard InChI is InChI=1S/C11H18N4O/c1-8-6-10(16-3)14-11(13-8)15-5-4-12-9(2)7-15/h6,9,12H,4-5,7H2,1-3H3/t9-/m1/s1. The van der Waals surface area contributed by atoms with Crippen LogP contribution in [0.15, 0.2) is 6.07 Å². The Morgan fingerprint density at radius 1 is 1.50 bits per heavy atom. The molecule has 1 atom stereocenters. The second-order valence-electron chi connectivity index (χ2n) is 4.15. The van der Waals surface area contributed by atoms with Crippen LogP contribution in [0.3, 0.4) is 0 Å². The van der Waals surface area contributed by atoms with E-state index in [1.54, 1.807) is 7.11 Å². The Balaban J connectivity index is 2.21. The van der Waals surface area contributed by atoms with E-state index in [1.165, 1.54) is 0 Å². The second kappa shape index (κ2) is 4.65. The van der Waals surface area contributed by atoms with Crippen molar-refractivity contribution in [3.63, 3.8) is 0 Å². The van der Waals surface area contributed by atoms with Crippen molar-refractivity contribution >= 4 is 5.95 Å². The summed E-state index contributed by atoms with van der Waals surface area (Å²) in [5, 5.41) is 3.40. The number of hydrogen-bond donors (Lipinski definition) is 1. The zero-order chi connectivity index (χ0) is 11.5. The van der Waals surface area contributed by atoms with E-state index in [9.17, 15) is 0 Å². The number of ether oxygens (including phenoxy) is 1. The maximum atomic E-state index is 5.16. The Morgan fingerprint density at radius 3 is 3.00 bits per heavy atom. The monoisotopic (exact) mass is 222 g/mol. The minimum Gasteiger partial charge on any atom is -0.481 e. The first-order valence-electron chi connectivity index (χ1n) is 5.57. The van der Waals surface area contributed by atoms with Crippen molar-refractivity contribution < 1.29 is 4.74 Å². The summed E-state index contributed by atoms with van der Waals surface area (Å²) in [4.78, 5) is 11.0. The van der Waals surface area contributed by atoms with Gasteiger partial charge in [-0.1, -0.05) is 0 Å². The van der Waals surface area contributed by atoms with E-state index in [0.717, 1.165) is 31.3 Å². The average Bonchev–Trinajstić information content (AvgIpc) is 2.28. The van der Waals surface area contributed by atoms with Crippen molar-refractivity contribution in [2.24, 2.45) is 0 Å². The third-order valence-corrected chi connectivity index (χ3v) is 2.68. The van der Waals surface area contributed by atoms with Gasteiger partial charge in [-0.2, -0.15) is 4.98 Å². The van der Waals surface area contributed by atoms with Gasteiger partial charge in [-0.3, -0.25) is 0 Å². The van der Waals surface area contributed by atoms with E-state index >= 15 is 0 Å². The zero-order valence-electron chi connectivity index (χ0n) is 10.0. The summed E-state index contributed by atoms with van der Waals surface area (Å²) in [6.45, 7) is 6.98. The Morgan fingerprint density at radius 2 is 2.31 bits per heavy atom. The summed E-state index contributed by atoms with van der Waals surface area (Å²) in [5.74, 6) is 1.40. The molecule has 0 aliphatic carbocycles. The van der Waals surface area contributed by atoms with E-state index in [-0.39, 0.29) is 0 Å². The van der Waals surface area contributed by atoms with Gasteiger partial charge in [-0.05, 0) is 13.8 Å². The molecule has 1 fully saturated rings. The highest BCUT2D eigenvalue weighted by molar-refractivity contribution is 5.35. The van der Waals surface area contributed by atoms with Crippen LogP contribution >= 0.6 is 0 Å². The molecule has 2 heterocycles. The van der Waals surface area contributed by atoms with Crippen molar-refractivity contribution in [3.05, 3.63) is 11.8 Å². The predicted octanol–water partition coefficient (Wildman–Crippen LogP) is 0.592. The normalized spacial score (nSPS) is 20.9. The van der Waals surface area contributed by atoms with Crippen molar-refractivity contribution in [2.45, 2.75) is 19.9 Å². The highest BCUT2D eigenvalue weighted by Gasteiger charge is 2.18. The third kappa shape index (κ3) is 2.41. The molecule has 5 nitrogen and oxygen atoms in total. The molecule has 0 unspecified atom stereocenters. The molecule has 5 heteroatoms. The third-order valence-electron chi connectivity index (χ3n) is 2.68. The van der Waals surface area contributed by atoms with Gasteiger partial charge in [0.2, 0.25) is 11.8 Å². The average molecular weight is 222 g/mol. The Kier molecular flexibility index (Phi) is 3.24. The van der Waals surface area contributed by atoms with Crippen LogP contribution in [-0.2, 0) is 0 Å². The predicted molar refractivity (Wildman–Crippen MR) is 63.0 cm³/mol. The molecule has 16 heavy (non-hydrogen) atoms. The summed E-state index contributed by atoms with van der Waals surface area (Å²) in [6.07, 6.45) is 0. The Bertz CT molecular complexity index is 369. The zero-order valence-corrected chi connectivity index (χ0v) is 10.0. The van der Waals surface area contributed by atoms with Gasteiger partial charge in [-0.15, -0.1) is 0 Å². The van der Waals surface area contributed by atoms with Crippen molar-refractivity contribution in [3.8, 4) is 5.88 Å². The molecule has 88 valence electrons. The van der Waals surface area contributed by atoms with Crippen molar-refractivity contribution in [1.82, 2.24) is 15.3 Å². The summed E-state index contributed by atoms with van der Waals surface area (Å²) in [7, 11) is 1.63. The minimum absolute atomic E-state index is 0.476. The molecule has 1 N–H and O–H groups in total. The molecule has 0 spiro atoms. The first kappa shape index (κ1) is 11.1. The quantitative estimate of drug-likeness (QED) is 0.793. The number of anilines is 1. The molecule has 0 aromatic carbocycles. The summed E-state index contributed by atoms with van der Waals surface area (Å²) in [6, 6.07) is 2.32. The molecule has 0 bridgehead atoms. The van der Waals surface area contributed by atoms with Crippen LogP contribution in [0, 0.1) is 6.92 Å². The first-order valence-corrected chi connectivity index (χ1v) is 5.57. The highest BCUT2D eigenvalue weighted by atomic mass is 16.5. The van der Waals surface area contributed by atoms with Gasteiger partial charge in [0.25, 0.3) is 0 Å². The lowest BCUT2D eigenvalue weighted by molar-refractivity contribution is 0.394. The Labute approximate surface area is 95.8 Å². The SMILES string of the molecule is COc1cc(C)nc(N2CCN[C@H](C)C2)n1. The number of methoxy groups -OCH3 is 1. The molecule has 1 aliphatic rings. The van der Waals surface area contributed by atoms with Gasteiger partial charge in [0.15, 0.2) is 0 Å². The van der Waals surface area contributed by atoms with Crippen LogP contribution in [0.5, 0.6) is 5.88 Å². The summed E-state index contributed by atoms with van der Waals surface area (Å²) >= 11 is 0. The fourth-order valence-corrected chi connectivity index (χ4v) is 1.88. The molecule has 0 saturated carbocycles. The topological polar surface area (TPSA) is 50.3 Å². The fourth-order valence-electron chi connectivity index (χ4n) is 1.88. The smallest absolute Gasteiger partial charge is 0.228 e. The van der Waals surface area contributed by atoms with Crippen LogP contribution in [0.4, 0.5) is 5.95 Å². The number of rotatable bonds is 2. The van der Waals surface area contributed by atoms with E-state index in [0.29, 0.717) is 11.9 Å². The number of piperazine rings is 1. The lowest BCUT2D eigenvalue weighted by Gasteiger charge is -2.32. The van der Waals surface area contributed by atoms with Gasteiger partial charge in [0, 0.05) is 37.4 Å². The van der Waals surface area contributed by atoms with Gasteiger partial charge in [0.05, 0.1) is 7.11 Å². The van der Waals surface area contributed by atoms with E-state index in [2.05, 4.69) is 27.1 Å². The van der Waals surface area contributed by atoms with Crippen LogP contribution in [0.1, 0.15) is 12.6 Å². The van der Waals surface area contributed by atoms with Crippen molar-refractivity contribution in [1.29, 1.82) is 0 Å². The van der Waals surface area contributed by atoms with E-state index < -0.39 is 0 Å². The number of nitrogens with one attached hydrogen (secondary N) is 1. The van der Waals surface area contributed by atoms with E-state index in [4.69, 9.17) is 4.74 Å². The van der Waals surface area contributed by atoms with Crippen LogP contribution in [0.25, 0.3) is 0 Å². The number of nitrogens with zero attached hydrogens (tertiary/aromatic N) is 3. The molecule has 1 aliphatic heterocycles. The molecule has 1 aromatic heterocycles. The van der Waals surface area contributed by atoms with Gasteiger partial charge >= 0.3 is 0 Å². The van der Waals surface area contributed by atoms with E-state index in [1.807, 2.05) is 13.0 Å². The number of aromatic nitrogens is 2. The summed E-state index contributed by atoms with van der Waals surface area (Å²) < 4.78 is 5.16. The molecular weight excluding hydrogens is 204 g/mol. The molecule has 1 saturated heterocycles. The maximum absolute atomic E-state index is 5.16. The van der Waals surface area contributed by atoms with Crippen LogP contribution in [-0.4, -0.2) is 42.8 Å². The number of hydrogen-bond acceptors (Lipinski definition) is 5. The largest absolute Gasteiger partial charge is 0.481 e. The molecule has 0 amide bonds. The maximum Gasteiger partial charge on any atom is 0.228 e. The molecule has 1 aromatic rings. The molecular formula is C11H18N4O. The van der Waals surface area contributed by atoms with Gasteiger partial charge < -0.3 is 15.0 Å². The van der Waals surface area contributed by atoms with Gasteiger partial charge in [0.1, 0.15) is 0 Å². The second-order valence-corrected chi connectivity index (χ2v) is 4.15. The number of aryl methyl sites for hydroxylation is 1. The van der Waals surface area contributed by atoms with Crippen molar-refractivity contribution in [2.75, 3.05) is 31.6 Å². The Hall–Kier alpha value is -1.36. The fraction of sp³-hybridized carbons (Fsp3) is 0.636. The first-order chi connectivity index (χ1) is 7.69. The summed E-state index contributed by atoms with van der Waals surface area (Å²) in [5.41, 5.74) is 0.938. The van der Waals surface area contributed by atoms with Crippen LogP contribution < -0.4 is 15.0 Å². The minimum atomic E-state index is 0.476. The highest BCUT2D eigenvalue weighted by Crippen LogP contribution is 2.16.